The molecule has 0 saturated carbocycles. The fourth-order valence-corrected chi connectivity index (χ4v) is 4.26. The van der Waals surface area contributed by atoms with E-state index in [4.69, 9.17) is 9.73 Å². The molecular weight excluding hydrogens is 501 g/mol. The van der Waals surface area contributed by atoms with Crippen molar-refractivity contribution >= 4 is 41.3 Å². The molecule has 29 heavy (non-hydrogen) atoms. The van der Waals surface area contributed by atoms with Crippen LogP contribution in [-0.2, 0) is 24.3 Å². The quantitative estimate of drug-likeness (QED) is 0.308. The molecule has 2 aromatic heterocycles. The zero-order valence-electron chi connectivity index (χ0n) is 17.6. The van der Waals surface area contributed by atoms with Crippen LogP contribution in [0.1, 0.15) is 35.9 Å². The Bertz CT molecular complexity index is 763. The molecule has 0 aliphatic carbocycles. The molecule has 2 atom stereocenters. The van der Waals surface area contributed by atoms with E-state index in [1.165, 1.54) is 4.88 Å². The van der Waals surface area contributed by atoms with Gasteiger partial charge in [0.1, 0.15) is 12.4 Å². The molecule has 0 spiro atoms. The molecule has 8 nitrogen and oxygen atoms in total. The third-order valence-corrected chi connectivity index (χ3v) is 5.75. The summed E-state index contributed by atoms with van der Waals surface area (Å²) in [7, 11) is 5.87. The van der Waals surface area contributed by atoms with Crippen LogP contribution in [0.3, 0.4) is 0 Å². The number of likely N-dealkylation sites (N-methyl/N-ethyl adjacent to an activating group) is 1. The molecule has 1 aliphatic rings. The largest absolute Gasteiger partial charge is 0.377 e. The number of aromatic nitrogens is 3. The molecule has 0 fully saturated rings. The van der Waals surface area contributed by atoms with Crippen LogP contribution in [0.2, 0.25) is 0 Å². The molecule has 3 rings (SSSR count). The third-order valence-electron chi connectivity index (χ3n) is 4.78. The van der Waals surface area contributed by atoms with E-state index in [1.54, 1.807) is 18.4 Å². The number of hydrogen-bond donors (Lipinski definition) is 2. The van der Waals surface area contributed by atoms with E-state index >= 15 is 0 Å². The van der Waals surface area contributed by atoms with Crippen molar-refractivity contribution in [3.05, 3.63) is 34.0 Å². The van der Waals surface area contributed by atoms with Gasteiger partial charge in [-0.2, -0.15) is 5.10 Å². The summed E-state index contributed by atoms with van der Waals surface area (Å²) in [6.07, 6.45) is 1.92. The normalized spacial score (nSPS) is 17.6. The minimum absolute atomic E-state index is 0. The fourth-order valence-electron chi connectivity index (χ4n) is 3.35. The maximum atomic E-state index is 5.15. The molecule has 0 saturated heterocycles. The molecule has 162 valence electrons. The predicted octanol–water partition coefficient (Wildman–Crippen LogP) is 2.28. The lowest BCUT2D eigenvalue weighted by Crippen LogP contribution is -2.47. The van der Waals surface area contributed by atoms with Gasteiger partial charge in [0.25, 0.3) is 0 Å². The average molecular weight is 533 g/mol. The van der Waals surface area contributed by atoms with Gasteiger partial charge < -0.3 is 20.3 Å². The van der Waals surface area contributed by atoms with Crippen molar-refractivity contribution in [2.75, 3.05) is 34.3 Å². The van der Waals surface area contributed by atoms with Crippen LogP contribution in [0.15, 0.2) is 22.5 Å². The summed E-state index contributed by atoms with van der Waals surface area (Å²) < 4.78 is 7.14. The Labute approximate surface area is 194 Å². The summed E-state index contributed by atoms with van der Waals surface area (Å²) in [4.78, 5) is 13.0. The van der Waals surface area contributed by atoms with E-state index in [-0.39, 0.29) is 36.1 Å². The van der Waals surface area contributed by atoms with Gasteiger partial charge in [-0.05, 0) is 38.9 Å². The van der Waals surface area contributed by atoms with Crippen molar-refractivity contribution in [3.63, 3.8) is 0 Å². The van der Waals surface area contributed by atoms with Gasteiger partial charge in [0.05, 0.1) is 19.1 Å². The van der Waals surface area contributed by atoms with Gasteiger partial charge in [-0.3, -0.25) is 4.99 Å². The summed E-state index contributed by atoms with van der Waals surface area (Å²) in [6.45, 7) is 4.88. The molecule has 1 aliphatic heterocycles. The number of aryl methyl sites for hydroxylation is 1. The van der Waals surface area contributed by atoms with Crippen molar-refractivity contribution in [1.82, 2.24) is 30.3 Å². The number of nitrogens with zero attached hydrogens (tertiary/aromatic N) is 5. The van der Waals surface area contributed by atoms with Gasteiger partial charge >= 0.3 is 0 Å². The summed E-state index contributed by atoms with van der Waals surface area (Å²) in [6, 6.07) is 4.83. The Morgan fingerprint density at radius 1 is 1.48 bits per heavy atom. The monoisotopic (exact) mass is 533 g/mol. The molecule has 2 aromatic rings. The Hall–Kier alpha value is -1.24. The van der Waals surface area contributed by atoms with Crippen molar-refractivity contribution in [1.29, 1.82) is 0 Å². The number of hydrogen-bond acceptors (Lipinski definition) is 6. The van der Waals surface area contributed by atoms with E-state index in [9.17, 15) is 0 Å². The van der Waals surface area contributed by atoms with Crippen molar-refractivity contribution in [3.8, 4) is 0 Å². The minimum atomic E-state index is 0. The summed E-state index contributed by atoms with van der Waals surface area (Å²) in [5.41, 5.74) is 0. The number of methoxy groups -OCH3 is 1. The van der Waals surface area contributed by atoms with E-state index in [0.717, 1.165) is 43.5 Å². The van der Waals surface area contributed by atoms with Crippen LogP contribution in [0.4, 0.5) is 0 Å². The molecule has 10 heteroatoms. The number of aliphatic imine (C=N–C) groups is 1. The van der Waals surface area contributed by atoms with Gasteiger partial charge in [-0.1, -0.05) is 6.07 Å². The average Bonchev–Trinajstić information content (AvgIpc) is 3.31. The molecular formula is C19H32IN7OS. The highest BCUT2D eigenvalue weighted by atomic mass is 127. The first-order valence-corrected chi connectivity index (χ1v) is 10.6. The van der Waals surface area contributed by atoms with Crippen LogP contribution in [0.5, 0.6) is 0 Å². The number of rotatable bonds is 8. The molecule has 0 aromatic carbocycles. The summed E-state index contributed by atoms with van der Waals surface area (Å²) in [5, 5.41) is 13.6. The predicted molar refractivity (Wildman–Crippen MR) is 128 cm³/mol. The Balaban J connectivity index is 0.00000300. The number of nitrogens with one attached hydrogen (secondary N) is 2. The first-order chi connectivity index (χ1) is 13.6. The molecule has 0 bridgehead atoms. The van der Waals surface area contributed by atoms with E-state index in [2.05, 4.69) is 64.1 Å². The Kier molecular flexibility index (Phi) is 9.80. The second kappa shape index (κ2) is 11.8. The van der Waals surface area contributed by atoms with Gasteiger partial charge in [0, 0.05) is 31.0 Å². The second-order valence-electron chi connectivity index (χ2n) is 7.15. The number of guanidine groups is 1. The van der Waals surface area contributed by atoms with Crippen LogP contribution in [0, 0.1) is 0 Å². The van der Waals surface area contributed by atoms with Crippen LogP contribution < -0.4 is 10.6 Å². The maximum absolute atomic E-state index is 5.15. The molecule has 3 heterocycles. The van der Waals surface area contributed by atoms with E-state index < -0.39 is 0 Å². The van der Waals surface area contributed by atoms with Gasteiger partial charge in [0.15, 0.2) is 11.8 Å². The van der Waals surface area contributed by atoms with E-state index in [0.29, 0.717) is 13.2 Å². The van der Waals surface area contributed by atoms with Crippen LogP contribution >= 0.6 is 35.3 Å². The lowest BCUT2D eigenvalue weighted by Gasteiger charge is -2.26. The summed E-state index contributed by atoms with van der Waals surface area (Å²) >= 11 is 1.78. The third kappa shape index (κ3) is 6.63. The first-order valence-electron chi connectivity index (χ1n) is 9.77. The molecule has 0 radical (unpaired) electrons. The number of thiophene rings is 1. The van der Waals surface area contributed by atoms with Crippen LogP contribution in [-0.4, -0.2) is 66.0 Å². The zero-order chi connectivity index (χ0) is 19.9. The fraction of sp³-hybridized carbons (Fsp3) is 0.632. The first kappa shape index (κ1) is 24.0. The highest BCUT2D eigenvalue weighted by Gasteiger charge is 2.23. The summed E-state index contributed by atoms with van der Waals surface area (Å²) in [5.74, 6) is 2.65. The van der Waals surface area contributed by atoms with Gasteiger partial charge in [0.2, 0.25) is 0 Å². The molecule has 2 unspecified atom stereocenters. The topological polar surface area (TPSA) is 79.6 Å². The van der Waals surface area contributed by atoms with Crippen molar-refractivity contribution in [2.24, 2.45) is 4.99 Å². The number of fused-ring (bicyclic) bond motifs is 1. The maximum Gasteiger partial charge on any atom is 0.191 e. The minimum Gasteiger partial charge on any atom is -0.377 e. The van der Waals surface area contributed by atoms with Crippen LogP contribution in [0.25, 0.3) is 0 Å². The van der Waals surface area contributed by atoms with Crippen molar-refractivity contribution in [2.45, 2.75) is 45.0 Å². The molecule has 0 amide bonds. The lowest BCUT2D eigenvalue weighted by molar-refractivity contribution is 0.177. The smallest absolute Gasteiger partial charge is 0.191 e. The lowest BCUT2D eigenvalue weighted by atomic mass is 10.1. The highest BCUT2D eigenvalue weighted by molar-refractivity contribution is 14.0. The second-order valence-corrected chi connectivity index (χ2v) is 8.13. The Morgan fingerprint density at radius 3 is 2.97 bits per heavy atom. The SMILES string of the molecule is CCNC(=NCC(c1cccs1)N(C)C)NC1CCc2nc(COC)nn2C1.I. The Morgan fingerprint density at radius 2 is 2.31 bits per heavy atom. The highest BCUT2D eigenvalue weighted by Crippen LogP contribution is 2.23. The van der Waals surface area contributed by atoms with Gasteiger partial charge in [-0.25, -0.2) is 9.67 Å². The van der Waals surface area contributed by atoms with Gasteiger partial charge in [-0.15, -0.1) is 35.3 Å². The molecule has 2 N–H and O–H groups in total. The van der Waals surface area contributed by atoms with Crippen molar-refractivity contribution < 1.29 is 4.74 Å². The standard InChI is InChI=1S/C19H31N7OS.HI/c1-5-20-19(21-11-15(25(2)3)16-7-6-10-28-16)22-14-8-9-18-23-17(13-27-4)24-26(18)12-14;/h6-7,10,14-15H,5,8-9,11-13H2,1-4H3,(H2,20,21,22);1H. The number of halogens is 1. The van der Waals surface area contributed by atoms with E-state index in [1.807, 2.05) is 4.68 Å². The number of ether oxygens (including phenoxy) is 1. The zero-order valence-corrected chi connectivity index (χ0v) is 20.7.